The molecule has 2 atom stereocenters. The summed E-state index contributed by atoms with van der Waals surface area (Å²) in [6, 6.07) is 18.4. The molecule has 1 aromatic heterocycles. The molecule has 4 rings (SSSR count). The van der Waals surface area contributed by atoms with Crippen molar-refractivity contribution in [2.75, 3.05) is 6.54 Å². The number of nitrogens with zero attached hydrogens (tertiary/aromatic N) is 2. The van der Waals surface area contributed by atoms with Crippen molar-refractivity contribution in [3.05, 3.63) is 101 Å². The number of aryl methyl sites for hydroxylation is 2. The van der Waals surface area contributed by atoms with E-state index in [0.29, 0.717) is 18.9 Å². The van der Waals surface area contributed by atoms with E-state index in [1.165, 1.54) is 17.0 Å². The van der Waals surface area contributed by atoms with E-state index in [-0.39, 0.29) is 11.9 Å². The van der Waals surface area contributed by atoms with Crippen LogP contribution in [0.3, 0.4) is 0 Å². The minimum Gasteiger partial charge on any atom is -0.356 e. The second kappa shape index (κ2) is 10.6. The van der Waals surface area contributed by atoms with Gasteiger partial charge in [0.1, 0.15) is 0 Å². The Morgan fingerprint density at radius 3 is 2.75 bits per heavy atom. The van der Waals surface area contributed by atoms with Gasteiger partial charge in [-0.2, -0.15) is 0 Å². The van der Waals surface area contributed by atoms with Gasteiger partial charge in [-0.25, -0.2) is 4.98 Å². The highest BCUT2D eigenvalue weighted by Crippen LogP contribution is 2.31. The number of rotatable bonds is 9. The van der Waals surface area contributed by atoms with Gasteiger partial charge in [-0.05, 0) is 61.3 Å². The Hall–Kier alpha value is -2.85. The summed E-state index contributed by atoms with van der Waals surface area (Å²) in [4.78, 5) is 17.1. The van der Waals surface area contributed by atoms with Gasteiger partial charge in [0, 0.05) is 23.7 Å². The number of allylic oxidation sites excluding steroid dienone is 1. The molecule has 4 nitrogen and oxygen atoms in total. The minimum atomic E-state index is 0.105. The fourth-order valence-corrected chi connectivity index (χ4v) is 4.64. The fraction of sp³-hybridized carbons (Fsp3) is 0.333. The zero-order chi connectivity index (χ0) is 22.3. The number of hydrogen-bond acceptors (Lipinski definition) is 2. The zero-order valence-corrected chi connectivity index (χ0v) is 19.1. The molecule has 0 saturated heterocycles. The van der Waals surface area contributed by atoms with Crippen LogP contribution in [0.25, 0.3) is 0 Å². The molecule has 1 heterocycles. The van der Waals surface area contributed by atoms with Crippen molar-refractivity contribution < 1.29 is 4.79 Å². The molecule has 2 aromatic carbocycles. The van der Waals surface area contributed by atoms with Crippen LogP contribution >= 0.6 is 11.6 Å². The maximum atomic E-state index is 12.4. The van der Waals surface area contributed by atoms with Gasteiger partial charge in [0.05, 0.1) is 18.1 Å². The highest BCUT2D eigenvalue weighted by Gasteiger charge is 2.26. The first-order valence-electron chi connectivity index (χ1n) is 11.4. The highest BCUT2D eigenvalue weighted by molar-refractivity contribution is 6.30. The number of nitrogens with one attached hydrogen (secondary N) is 1. The van der Waals surface area contributed by atoms with Crippen LogP contribution in [0, 0.1) is 5.92 Å². The Balaban J connectivity index is 1.36. The van der Waals surface area contributed by atoms with Crippen molar-refractivity contribution in [2.24, 2.45) is 5.92 Å². The molecule has 2 unspecified atom stereocenters. The number of carbonyl (C=O) groups excluding carboxylic acids is 1. The van der Waals surface area contributed by atoms with Crippen LogP contribution in [-0.4, -0.2) is 22.0 Å². The largest absolute Gasteiger partial charge is 0.356 e. The predicted octanol–water partition coefficient (Wildman–Crippen LogP) is 5.56. The van der Waals surface area contributed by atoms with Gasteiger partial charge in [-0.1, -0.05) is 60.1 Å². The van der Waals surface area contributed by atoms with Crippen molar-refractivity contribution in [1.29, 1.82) is 0 Å². The van der Waals surface area contributed by atoms with Crippen molar-refractivity contribution in [1.82, 2.24) is 14.9 Å². The standard InChI is InChI=1S/C27H30ClN3O/c1-2-6-25(22-7-4-3-5-8-22)31-19-30-24-15-11-21(17-26(24)31)18-29-27(32)16-12-20-9-13-23(28)14-10-20/h2-5,7-10,13-14,19,21,25H,1,6,11-12,15-18H2,(H,29,32). The summed E-state index contributed by atoms with van der Waals surface area (Å²) in [6.07, 6.45) is 9.00. The maximum Gasteiger partial charge on any atom is 0.220 e. The van der Waals surface area contributed by atoms with Crippen LogP contribution < -0.4 is 5.32 Å². The van der Waals surface area contributed by atoms with Crippen LogP contribution in [0.5, 0.6) is 0 Å². The van der Waals surface area contributed by atoms with E-state index in [1.807, 2.05) is 42.7 Å². The summed E-state index contributed by atoms with van der Waals surface area (Å²) in [5.41, 5.74) is 4.89. The summed E-state index contributed by atoms with van der Waals surface area (Å²) in [5.74, 6) is 0.533. The van der Waals surface area contributed by atoms with Crippen molar-refractivity contribution in [3.8, 4) is 0 Å². The molecule has 32 heavy (non-hydrogen) atoms. The smallest absolute Gasteiger partial charge is 0.220 e. The molecule has 1 aliphatic rings. The Bertz CT molecular complexity index is 1040. The molecule has 0 fully saturated rings. The first-order chi connectivity index (χ1) is 15.6. The number of hydrogen-bond donors (Lipinski definition) is 1. The summed E-state index contributed by atoms with van der Waals surface area (Å²) in [6.45, 7) is 4.68. The third kappa shape index (κ3) is 5.49. The molecule has 0 aliphatic heterocycles. The number of benzene rings is 2. The SMILES string of the molecule is C=CCC(c1ccccc1)n1cnc2c1CC(CNC(=O)CCc1ccc(Cl)cc1)CC2. The van der Waals surface area contributed by atoms with Crippen LogP contribution in [0.1, 0.15) is 47.8 Å². The molecular formula is C27H30ClN3O. The molecular weight excluding hydrogens is 418 g/mol. The Kier molecular flexibility index (Phi) is 7.43. The molecule has 3 aromatic rings. The Morgan fingerprint density at radius 2 is 2.00 bits per heavy atom. The third-order valence-electron chi connectivity index (χ3n) is 6.31. The second-order valence-electron chi connectivity index (χ2n) is 8.54. The van der Waals surface area contributed by atoms with Gasteiger partial charge >= 0.3 is 0 Å². The summed E-state index contributed by atoms with van der Waals surface area (Å²) >= 11 is 5.93. The number of carbonyl (C=O) groups is 1. The lowest BCUT2D eigenvalue weighted by Crippen LogP contribution is -2.32. The lowest BCUT2D eigenvalue weighted by atomic mass is 9.89. The first kappa shape index (κ1) is 22.3. The van der Waals surface area contributed by atoms with Gasteiger partial charge in [0.15, 0.2) is 0 Å². The van der Waals surface area contributed by atoms with Gasteiger partial charge in [0.25, 0.3) is 0 Å². The van der Waals surface area contributed by atoms with E-state index in [2.05, 4.69) is 40.7 Å². The topological polar surface area (TPSA) is 46.9 Å². The molecule has 0 saturated carbocycles. The highest BCUT2D eigenvalue weighted by atomic mass is 35.5. The molecule has 5 heteroatoms. The van der Waals surface area contributed by atoms with Crippen LogP contribution in [-0.2, 0) is 24.1 Å². The van der Waals surface area contributed by atoms with Crippen molar-refractivity contribution >= 4 is 17.5 Å². The fourth-order valence-electron chi connectivity index (χ4n) is 4.52. The molecule has 1 amide bonds. The number of imidazole rings is 1. The van der Waals surface area contributed by atoms with Crippen LogP contribution in [0.4, 0.5) is 0 Å². The Labute approximate surface area is 195 Å². The van der Waals surface area contributed by atoms with Crippen LogP contribution in [0.2, 0.25) is 5.02 Å². The number of fused-ring (bicyclic) bond motifs is 1. The normalized spacial score (nSPS) is 16.2. The van der Waals surface area contributed by atoms with E-state index in [1.54, 1.807) is 0 Å². The first-order valence-corrected chi connectivity index (χ1v) is 11.7. The van der Waals surface area contributed by atoms with Gasteiger partial charge in [0.2, 0.25) is 5.91 Å². The van der Waals surface area contributed by atoms with Crippen LogP contribution in [0.15, 0.2) is 73.6 Å². The summed E-state index contributed by atoms with van der Waals surface area (Å²) in [5, 5.41) is 3.87. The number of halogens is 1. The minimum absolute atomic E-state index is 0.105. The summed E-state index contributed by atoms with van der Waals surface area (Å²) in [7, 11) is 0. The van der Waals surface area contributed by atoms with Crippen molar-refractivity contribution in [2.45, 2.75) is 44.6 Å². The Morgan fingerprint density at radius 1 is 1.22 bits per heavy atom. The average molecular weight is 448 g/mol. The molecule has 166 valence electrons. The van der Waals surface area contributed by atoms with Crippen molar-refractivity contribution in [3.63, 3.8) is 0 Å². The van der Waals surface area contributed by atoms with E-state index in [4.69, 9.17) is 16.6 Å². The molecule has 0 spiro atoms. The molecule has 1 N–H and O–H groups in total. The zero-order valence-electron chi connectivity index (χ0n) is 18.3. The van der Waals surface area contributed by atoms with Gasteiger partial charge < -0.3 is 9.88 Å². The maximum absolute atomic E-state index is 12.4. The van der Waals surface area contributed by atoms with E-state index < -0.39 is 0 Å². The predicted molar refractivity (Wildman–Crippen MR) is 130 cm³/mol. The van der Waals surface area contributed by atoms with E-state index in [9.17, 15) is 4.79 Å². The summed E-state index contributed by atoms with van der Waals surface area (Å²) < 4.78 is 2.32. The van der Waals surface area contributed by atoms with Gasteiger partial charge in [-0.15, -0.1) is 6.58 Å². The monoisotopic (exact) mass is 447 g/mol. The second-order valence-corrected chi connectivity index (χ2v) is 8.97. The van der Waals surface area contributed by atoms with Gasteiger partial charge in [-0.3, -0.25) is 4.79 Å². The quantitative estimate of drug-likeness (QED) is 0.437. The molecule has 1 aliphatic carbocycles. The number of aromatic nitrogens is 2. The number of amides is 1. The van der Waals surface area contributed by atoms with E-state index >= 15 is 0 Å². The lowest BCUT2D eigenvalue weighted by molar-refractivity contribution is -0.121. The molecule has 0 bridgehead atoms. The molecule has 0 radical (unpaired) electrons. The van der Waals surface area contributed by atoms with E-state index in [0.717, 1.165) is 42.7 Å². The lowest BCUT2D eigenvalue weighted by Gasteiger charge is -2.27. The third-order valence-corrected chi connectivity index (χ3v) is 6.56. The average Bonchev–Trinajstić information content (AvgIpc) is 3.24.